The highest BCUT2D eigenvalue weighted by Crippen LogP contribution is 2.61. The molecule has 0 bridgehead atoms. The third-order valence-electron chi connectivity index (χ3n) is 13.4. The first-order chi connectivity index (χ1) is 24.3. The van der Waals surface area contributed by atoms with E-state index in [1.165, 1.54) is 128 Å². The standard InChI is InChI=1S/C50H36/c1-6-27-37-22-42-43(23-38(37)34-16-15-31-28-12-8-7-11-26(28)21-41(31)46(27)34)50(4,5)45-25-40-36-20-18-33-30-14-10-9-13-29(30)32-17-19-35(48(36)47(32)33)39(40)24-44(45)49(42,2)3/h6-20,22-25H,21H2,1-5H3/b27-6-. The summed E-state index contributed by atoms with van der Waals surface area (Å²) < 4.78 is 0. The highest BCUT2D eigenvalue weighted by atomic mass is 14.5. The molecule has 0 nitrogen and oxygen atoms in total. The van der Waals surface area contributed by atoms with Gasteiger partial charge in [0.05, 0.1) is 0 Å². The Labute approximate surface area is 293 Å². The van der Waals surface area contributed by atoms with Crippen LogP contribution in [-0.2, 0) is 17.3 Å². The van der Waals surface area contributed by atoms with Gasteiger partial charge in [-0.25, -0.2) is 0 Å². The van der Waals surface area contributed by atoms with Gasteiger partial charge in [0, 0.05) is 10.8 Å². The van der Waals surface area contributed by atoms with Gasteiger partial charge in [-0.3, -0.25) is 0 Å². The minimum atomic E-state index is -0.154. The van der Waals surface area contributed by atoms with Crippen LogP contribution in [0.2, 0.25) is 0 Å². The summed E-state index contributed by atoms with van der Waals surface area (Å²) >= 11 is 0. The largest absolute Gasteiger partial charge is 0.0791 e. The minimum absolute atomic E-state index is 0.154. The zero-order chi connectivity index (χ0) is 33.4. The zero-order valence-corrected chi connectivity index (χ0v) is 29.2. The van der Waals surface area contributed by atoms with Crippen molar-refractivity contribution in [2.24, 2.45) is 0 Å². The molecule has 0 N–H and O–H groups in total. The van der Waals surface area contributed by atoms with Gasteiger partial charge in [-0.05, 0) is 165 Å². The van der Waals surface area contributed by atoms with Crippen LogP contribution in [0, 0.1) is 0 Å². The molecule has 5 aliphatic carbocycles. The Morgan fingerprint density at radius 1 is 0.420 bits per heavy atom. The van der Waals surface area contributed by atoms with E-state index in [2.05, 4.69) is 150 Å². The van der Waals surface area contributed by atoms with Crippen molar-refractivity contribution in [3.05, 3.63) is 160 Å². The van der Waals surface area contributed by atoms with Crippen molar-refractivity contribution in [2.45, 2.75) is 51.9 Å². The lowest BCUT2D eigenvalue weighted by molar-refractivity contribution is 0.521. The number of fused-ring (bicyclic) bond motifs is 15. The zero-order valence-electron chi connectivity index (χ0n) is 29.2. The molecule has 0 aromatic heterocycles. The maximum absolute atomic E-state index is 2.58. The molecule has 0 radical (unpaired) electrons. The summed E-state index contributed by atoms with van der Waals surface area (Å²) in [6.45, 7) is 12.1. The Bertz CT molecular complexity index is 2800. The first-order valence-electron chi connectivity index (χ1n) is 18.3. The summed E-state index contributed by atoms with van der Waals surface area (Å²) in [5, 5.41) is 2.87. The van der Waals surface area contributed by atoms with Crippen LogP contribution in [0.25, 0.3) is 83.1 Å². The van der Waals surface area contributed by atoms with E-state index >= 15 is 0 Å². The predicted molar refractivity (Wildman–Crippen MR) is 210 cm³/mol. The highest BCUT2D eigenvalue weighted by molar-refractivity contribution is 6.26. The van der Waals surface area contributed by atoms with Crippen molar-refractivity contribution in [1.29, 1.82) is 0 Å². The van der Waals surface area contributed by atoms with Crippen LogP contribution in [0.5, 0.6) is 0 Å². The second kappa shape index (κ2) is 8.63. The molecule has 7 aromatic carbocycles. The normalized spacial score (nSPS) is 17.2. The number of allylic oxidation sites excluding steroid dienone is 1. The molecule has 0 unspecified atom stereocenters. The molecule has 5 aliphatic rings. The number of hydrogen-bond donors (Lipinski definition) is 0. The number of benzene rings is 7. The third-order valence-corrected chi connectivity index (χ3v) is 13.4. The monoisotopic (exact) mass is 636 g/mol. The summed E-state index contributed by atoms with van der Waals surface area (Å²) in [5.74, 6) is 0. The Kier molecular flexibility index (Phi) is 4.73. The smallest absolute Gasteiger partial charge is 0.0153 e. The first kappa shape index (κ1) is 27.4. The van der Waals surface area contributed by atoms with Gasteiger partial charge in [0.15, 0.2) is 0 Å². The Morgan fingerprint density at radius 2 is 0.840 bits per heavy atom. The molecule has 0 fully saturated rings. The predicted octanol–water partition coefficient (Wildman–Crippen LogP) is 13.1. The van der Waals surface area contributed by atoms with Gasteiger partial charge in [0.25, 0.3) is 0 Å². The molecule has 12 rings (SSSR count). The maximum atomic E-state index is 2.58. The van der Waals surface area contributed by atoms with Gasteiger partial charge < -0.3 is 0 Å². The Balaban J connectivity index is 1.07. The fraction of sp³-hybridized carbons (Fsp3) is 0.160. The van der Waals surface area contributed by atoms with Crippen LogP contribution in [0.4, 0.5) is 0 Å². The summed E-state index contributed by atoms with van der Waals surface area (Å²) in [6, 6.07) is 42.6. The third kappa shape index (κ3) is 2.96. The Hall–Kier alpha value is -5.46. The molecule has 0 aliphatic heterocycles. The second-order valence-corrected chi connectivity index (χ2v) is 16.3. The van der Waals surface area contributed by atoms with Crippen molar-refractivity contribution in [3.8, 4) is 66.8 Å². The van der Waals surface area contributed by atoms with Crippen molar-refractivity contribution < 1.29 is 0 Å². The average Bonchev–Trinajstić information content (AvgIpc) is 3.86. The lowest BCUT2D eigenvalue weighted by Gasteiger charge is -2.44. The molecule has 236 valence electrons. The maximum Gasteiger partial charge on any atom is 0.0153 e. The molecular formula is C50H36. The molecule has 0 saturated heterocycles. The molecule has 0 heterocycles. The van der Waals surface area contributed by atoms with E-state index in [0.29, 0.717) is 0 Å². The van der Waals surface area contributed by atoms with E-state index in [9.17, 15) is 0 Å². The fourth-order valence-electron chi connectivity index (χ4n) is 11.0. The van der Waals surface area contributed by atoms with Crippen LogP contribution < -0.4 is 0 Å². The van der Waals surface area contributed by atoms with Gasteiger partial charge in [0.1, 0.15) is 0 Å². The van der Waals surface area contributed by atoms with Gasteiger partial charge in [-0.1, -0.05) is 119 Å². The molecule has 50 heavy (non-hydrogen) atoms. The lowest BCUT2D eigenvalue weighted by Crippen LogP contribution is -2.36. The lowest BCUT2D eigenvalue weighted by atomic mass is 9.59. The molecule has 0 heteroatoms. The van der Waals surface area contributed by atoms with Crippen molar-refractivity contribution >= 4 is 16.3 Å². The van der Waals surface area contributed by atoms with Gasteiger partial charge in [-0.15, -0.1) is 0 Å². The van der Waals surface area contributed by atoms with Crippen LogP contribution in [0.1, 0.15) is 79.1 Å². The number of rotatable bonds is 0. The first-order valence-corrected chi connectivity index (χ1v) is 18.3. The van der Waals surface area contributed by atoms with Crippen molar-refractivity contribution in [1.82, 2.24) is 0 Å². The summed E-state index contributed by atoms with van der Waals surface area (Å²) in [4.78, 5) is 0. The number of hydrogen-bond acceptors (Lipinski definition) is 0. The topological polar surface area (TPSA) is 0 Å². The Morgan fingerprint density at radius 3 is 1.38 bits per heavy atom. The molecule has 0 atom stereocenters. The van der Waals surface area contributed by atoms with Crippen LogP contribution >= 0.6 is 0 Å². The molecule has 0 amide bonds. The SMILES string of the molecule is C/C=C1/c2cc3c(cc2-c2ccc4c(c21)Cc1ccccc1-4)C(C)(C)c1cc2c(cc1C3(C)C)-c1ccc3c4c(ccc-2c14)-c1ccccc1-3. The van der Waals surface area contributed by atoms with Crippen molar-refractivity contribution in [2.75, 3.05) is 0 Å². The average molecular weight is 637 g/mol. The van der Waals surface area contributed by atoms with Gasteiger partial charge >= 0.3 is 0 Å². The molecule has 0 saturated carbocycles. The van der Waals surface area contributed by atoms with Crippen LogP contribution in [0.3, 0.4) is 0 Å². The van der Waals surface area contributed by atoms with E-state index in [0.717, 1.165) is 6.42 Å². The quantitative estimate of drug-likeness (QED) is 0.155. The van der Waals surface area contributed by atoms with E-state index in [1.54, 1.807) is 0 Å². The van der Waals surface area contributed by atoms with E-state index in [1.807, 2.05) is 0 Å². The fourth-order valence-corrected chi connectivity index (χ4v) is 11.0. The molecule has 7 aromatic rings. The van der Waals surface area contributed by atoms with E-state index < -0.39 is 0 Å². The summed E-state index contributed by atoms with van der Waals surface area (Å²) in [5.41, 5.74) is 29.4. The van der Waals surface area contributed by atoms with E-state index in [-0.39, 0.29) is 10.8 Å². The summed E-state index contributed by atoms with van der Waals surface area (Å²) in [6.07, 6.45) is 3.38. The van der Waals surface area contributed by atoms with E-state index in [4.69, 9.17) is 0 Å². The molecule has 0 spiro atoms. The summed E-state index contributed by atoms with van der Waals surface area (Å²) in [7, 11) is 0. The molecular weight excluding hydrogens is 601 g/mol. The van der Waals surface area contributed by atoms with Crippen molar-refractivity contribution in [3.63, 3.8) is 0 Å². The highest BCUT2D eigenvalue weighted by Gasteiger charge is 2.45. The van der Waals surface area contributed by atoms with Crippen LogP contribution in [0.15, 0.2) is 115 Å². The minimum Gasteiger partial charge on any atom is -0.0791 e. The van der Waals surface area contributed by atoms with Gasteiger partial charge in [0.2, 0.25) is 0 Å². The van der Waals surface area contributed by atoms with Gasteiger partial charge in [-0.2, -0.15) is 0 Å². The van der Waals surface area contributed by atoms with Crippen LogP contribution in [-0.4, -0.2) is 0 Å². The second-order valence-electron chi connectivity index (χ2n) is 16.3.